The normalized spacial score (nSPS) is 12.9. The summed E-state index contributed by atoms with van der Waals surface area (Å²) < 4.78 is 10.2. The van der Waals surface area contributed by atoms with Crippen molar-refractivity contribution in [1.82, 2.24) is 10.3 Å². The highest BCUT2D eigenvalue weighted by Gasteiger charge is 2.30. The summed E-state index contributed by atoms with van der Waals surface area (Å²) in [6, 6.07) is 3.87. The molecule has 0 fully saturated rings. The Morgan fingerprint density at radius 1 is 1.06 bits per heavy atom. The number of hydrogen-bond donors (Lipinski definition) is 0. The maximum absolute atomic E-state index is 5.27. The van der Waals surface area contributed by atoms with E-state index in [2.05, 4.69) is 38.0 Å². The fourth-order valence-electron chi connectivity index (χ4n) is 2.00. The van der Waals surface area contributed by atoms with Crippen molar-refractivity contribution in [3.8, 4) is 0 Å². The SMILES string of the molecule is CC(C)(CCC(C)(C)c1ccno1)c1ccon1. The van der Waals surface area contributed by atoms with Gasteiger partial charge >= 0.3 is 0 Å². The zero-order valence-corrected chi connectivity index (χ0v) is 11.4. The summed E-state index contributed by atoms with van der Waals surface area (Å²) in [6.07, 6.45) is 5.33. The summed E-state index contributed by atoms with van der Waals surface area (Å²) in [5.74, 6) is 0.929. The molecule has 0 aliphatic carbocycles. The minimum absolute atomic E-state index is 0.00426. The number of hydrogen-bond acceptors (Lipinski definition) is 4. The van der Waals surface area contributed by atoms with E-state index in [1.165, 1.54) is 0 Å². The first-order chi connectivity index (χ1) is 8.42. The molecule has 0 bridgehead atoms. The standard InChI is InChI=1S/C14H20N2O2/c1-13(2,11-6-10-17-16-11)7-8-14(3,4)12-5-9-15-18-12/h5-6,9-10H,7-8H2,1-4H3. The van der Waals surface area contributed by atoms with Crippen LogP contribution in [0, 0.1) is 0 Å². The molecule has 0 unspecified atom stereocenters. The molecule has 4 heteroatoms. The Morgan fingerprint density at radius 3 is 2.33 bits per heavy atom. The predicted molar refractivity (Wildman–Crippen MR) is 68.3 cm³/mol. The Hall–Kier alpha value is -1.58. The van der Waals surface area contributed by atoms with Crippen molar-refractivity contribution in [3.63, 3.8) is 0 Å². The van der Waals surface area contributed by atoms with Crippen molar-refractivity contribution >= 4 is 0 Å². The van der Waals surface area contributed by atoms with Crippen LogP contribution in [0.2, 0.25) is 0 Å². The van der Waals surface area contributed by atoms with E-state index in [1.54, 1.807) is 12.5 Å². The zero-order chi connectivity index (χ0) is 13.2. The number of rotatable bonds is 5. The molecule has 0 saturated carbocycles. The second-order valence-corrected chi connectivity index (χ2v) is 6.03. The molecule has 0 N–H and O–H groups in total. The highest BCUT2D eigenvalue weighted by Crippen LogP contribution is 2.35. The molecule has 2 rings (SSSR count). The highest BCUT2D eigenvalue weighted by molar-refractivity contribution is 5.13. The Kier molecular flexibility index (Phi) is 3.28. The molecule has 18 heavy (non-hydrogen) atoms. The molecular formula is C14H20N2O2. The van der Waals surface area contributed by atoms with Crippen LogP contribution in [0.5, 0.6) is 0 Å². The summed E-state index contributed by atoms with van der Waals surface area (Å²) >= 11 is 0. The fourth-order valence-corrected chi connectivity index (χ4v) is 2.00. The molecule has 0 atom stereocenters. The quantitative estimate of drug-likeness (QED) is 0.809. The average Bonchev–Trinajstić information content (AvgIpc) is 2.99. The molecular weight excluding hydrogens is 228 g/mol. The first-order valence-corrected chi connectivity index (χ1v) is 6.24. The Bertz CT molecular complexity index is 424. The lowest BCUT2D eigenvalue weighted by molar-refractivity contribution is 0.279. The van der Waals surface area contributed by atoms with Crippen LogP contribution in [0.3, 0.4) is 0 Å². The van der Waals surface area contributed by atoms with Crippen LogP contribution in [0.1, 0.15) is 52.0 Å². The third kappa shape index (κ3) is 2.63. The van der Waals surface area contributed by atoms with Gasteiger partial charge in [-0.15, -0.1) is 0 Å². The first-order valence-electron chi connectivity index (χ1n) is 6.24. The van der Waals surface area contributed by atoms with E-state index in [0.717, 1.165) is 24.3 Å². The monoisotopic (exact) mass is 248 g/mol. The van der Waals surface area contributed by atoms with Crippen LogP contribution < -0.4 is 0 Å². The van der Waals surface area contributed by atoms with Crippen molar-refractivity contribution < 1.29 is 9.05 Å². The highest BCUT2D eigenvalue weighted by atomic mass is 16.5. The maximum atomic E-state index is 5.27. The lowest BCUT2D eigenvalue weighted by Gasteiger charge is -2.28. The van der Waals surface area contributed by atoms with E-state index < -0.39 is 0 Å². The zero-order valence-electron chi connectivity index (χ0n) is 11.4. The van der Waals surface area contributed by atoms with Gasteiger partial charge in [0, 0.05) is 23.0 Å². The molecule has 0 radical (unpaired) electrons. The largest absolute Gasteiger partial charge is 0.364 e. The van der Waals surface area contributed by atoms with Gasteiger partial charge in [0.1, 0.15) is 12.0 Å². The first kappa shape index (κ1) is 12.9. The molecule has 2 heterocycles. The van der Waals surface area contributed by atoms with Crippen molar-refractivity contribution in [2.45, 2.75) is 51.4 Å². The topological polar surface area (TPSA) is 52.1 Å². The lowest BCUT2D eigenvalue weighted by Crippen LogP contribution is -2.24. The van der Waals surface area contributed by atoms with Crippen molar-refractivity contribution in [2.75, 3.05) is 0 Å². The molecule has 0 amide bonds. The Labute approximate surface area is 107 Å². The lowest BCUT2D eigenvalue weighted by atomic mass is 9.76. The van der Waals surface area contributed by atoms with Crippen LogP contribution >= 0.6 is 0 Å². The van der Waals surface area contributed by atoms with Gasteiger partial charge in [-0.1, -0.05) is 38.0 Å². The van der Waals surface area contributed by atoms with Gasteiger partial charge in [0.25, 0.3) is 0 Å². The summed E-state index contributed by atoms with van der Waals surface area (Å²) in [4.78, 5) is 0. The van der Waals surface area contributed by atoms with Crippen molar-refractivity contribution in [1.29, 1.82) is 0 Å². The van der Waals surface area contributed by atoms with Crippen LogP contribution in [-0.2, 0) is 10.8 Å². The maximum Gasteiger partial charge on any atom is 0.142 e. The summed E-state index contributed by atoms with van der Waals surface area (Å²) in [5, 5.41) is 7.82. The van der Waals surface area contributed by atoms with Crippen LogP contribution in [0.4, 0.5) is 0 Å². The van der Waals surface area contributed by atoms with E-state index in [4.69, 9.17) is 9.05 Å². The number of nitrogens with zero attached hydrogens (tertiary/aromatic N) is 2. The third-order valence-electron chi connectivity index (χ3n) is 3.61. The third-order valence-corrected chi connectivity index (χ3v) is 3.61. The van der Waals surface area contributed by atoms with Crippen LogP contribution in [0.15, 0.2) is 33.6 Å². The second kappa shape index (κ2) is 4.59. The van der Waals surface area contributed by atoms with Gasteiger partial charge in [-0.2, -0.15) is 0 Å². The predicted octanol–water partition coefficient (Wildman–Crippen LogP) is 3.70. The van der Waals surface area contributed by atoms with Gasteiger partial charge < -0.3 is 9.05 Å². The molecule has 0 saturated heterocycles. The minimum atomic E-state index is -0.0164. The van der Waals surface area contributed by atoms with Crippen molar-refractivity contribution in [3.05, 3.63) is 36.0 Å². The molecule has 2 aromatic rings. The molecule has 2 aromatic heterocycles. The van der Waals surface area contributed by atoms with Gasteiger partial charge in [-0.3, -0.25) is 0 Å². The Balaban J connectivity index is 2.03. The second-order valence-electron chi connectivity index (χ2n) is 6.03. The fraction of sp³-hybridized carbons (Fsp3) is 0.571. The Morgan fingerprint density at radius 2 is 1.78 bits per heavy atom. The van der Waals surface area contributed by atoms with E-state index in [-0.39, 0.29) is 10.8 Å². The molecule has 0 aliphatic rings. The summed E-state index contributed by atoms with van der Waals surface area (Å²) in [7, 11) is 0. The average molecular weight is 248 g/mol. The van der Waals surface area contributed by atoms with E-state index in [0.29, 0.717) is 0 Å². The van der Waals surface area contributed by atoms with Crippen LogP contribution in [0.25, 0.3) is 0 Å². The molecule has 0 spiro atoms. The van der Waals surface area contributed by atoms with E-state index in [9.17, 15) is 0 Å². The van der Waals surface area contributed by atoms with E-state index in [1.807, 2.05) is 12.1 Å². The number of aromatic nitrogens is 2. The summed E-state index contributed by atoms with van der Waals surface area (Å²) in [6.45, 7) is 8.71. The molecule has 4 nitrogen and oxygen atoms in total. The summed E-state index contributed by atoms with van der Waals surface area (Å²) in [5.41, 5.74) is 0.984. The van der Waals surface area contributed by atoms with Gasteiger partial charge in [-0.05, 0) is 12.8 Å². The van der Waals surface area contributed by atoms with Gasteiger partial charge in [0.05, 0.1) is 11.9 Å². The minimum Gasteiger partial charge on any atom is -0.364 e. The van der Waals surface area contributed by atoms with Crippen molar-refractivity contribution in [2.24, 2.45) is 0 Å². The smallest absolute Gasteiger partial charge is 0.142 e. The van der Waals surface area contributed by atoms with Crippen LogP contribution in [-0.4, -0.2) is 10.3 Å². The van der Waals surface area contributed by atoms with Gasteiger partial charge in [0.2, 0.25) is 0 Å². The molecule has 98 valence electrons. The molecule has 0 aromatic carbocycles. The van der Waals surface area contributed by atoms with Gasteiger partial charge in [-0.25, -0.2) is 0 Å². The van der Waals surface area contributed by atoms with E-state index >= 15 is 0 Å². The van der Waals surface area contributed by atoms with Gasteiger partial charge in [0.15, 0.2) is 0 Å². The molecule has 0 aliphatic heterocycles.